The van der Waals surface area contributed by atoms with Gasteiger partial charge in [0.1, 0.15) is 17.1 Å². The number of aryl methyl sites for hydroxylation is 1. The molecule has 0 spiro atoms. The highest BCUT2D eigenvalue weighted by molar-refractivity contribution is 5.98. The Morgan fingerprint density at radius 3 is 2.55 bits per heavy atom. The monoisotopic (exact) mass is 422 g/mol. The van der Waals surface area contributed by atoms with Crippen molar-refractivity contribution in [2.24, 2.45) is 0 Å². The molecule has 1 amide bonds. The predicted octanol–water partition coefficient (Wildman–Crippen LogP) is 3.29. The van der Waals surface area contributed by atoms with E-state index in [0.717, 1.165) is 17.1 Å². The molecule has 3 aromatic rings. The van der Waals surface area contributed by atoms with Crippen molar-refractivity contribution < 1.29 is 14.5 Å². The normalized spacial score (nSPS) is 10.3. The minimum atomic E-state index is -0.578. The second-order valence-corrected chi connectivity index (χ2v) is 6.53. The summed E-state index contributed by atoms with van der Waals surface area (Å²) in [6.07, 6.45) is 0. The molecule has 10 nitrogen and oxygen atoms in total. The maximum absolute atomic E-state index is 12.2. The fourth-order valence-electron chi connectivity index (χ4n) is 2.80. The Bertz CT molecular complexity index is 1070. The summed E-state index contributed by atoms with van der Waals surface area (Å²) in [6.45, 7) is 2.43. The van der Waals surface area contributed by atoms with Crippen LogP contribution < -0.4 is 20.7 Å². The van der Waals surface area contributed by atoms with E-state index in [9.17, 15) is 14.9 Å². The van der Waals surface area contributed by atoms with E-state index in [0.29, 0.717) is 18.3 Å². The number of carbonyl (C=O) groups is 1. The Labute approximate surface area is 178 Å². The van der Waals surface area contributed by atoms with Crippen LogP contribution in [-0.2, 0) is 0 Å². The van der Waals surface area contributed by atoms with Gasteiger partial charge in [0, 0.05) is 36.6 Å². The van der Waals surface area contributed by atoms with E-state index < -0.39 is 10.8 Å². The number of amides is 1. The van der Waals surface area contributed by atoms with Crippen molar-refractivity contribution in [1.82, 2.24) is 15.3 Å². The van der Waals surface area contributed by atoms with Crippen molar-refractivity contribution in [3.63, 3.8) is 0 Å². The van der Waals surface area contributed by atoms with E-state index in [1.165, 1.54) is 18.2 Å². The second-order valence-electron chi connectivity index (χ2n) is 6.53. The number of hydrogen-bond donors (Lipinski definition) is 3. The first kappa shape index (κ1) is 21.5. The molecule has 0 fully saturated rings. The van der Waals surface area contributed by atoms with E-state index >= 15 is 0 Å². The molecule has 10 heteroatoms. The maximum Gasteiger partial charge on any atom is 0.282 e. The molecular weight excluding hydrogens is 400 g/mol. The first-order chi connectivity index (χ1) is 15.0. The summed E-state index contributed by atoms with van der Waals surface area (Å²) in [5.41, 5.74) is 1.40. The van der Waals surface area contributed by atoms with Gasteiger partial charge >= 0.3 is 0 Å². The minimum Gasteiger partial charge on any atom is -0.497 e. The average Bonchev–Trinajstić information content (AvgIpc) is 2.76. The number of ether oxygens (including phenoxy) is 1. The van der Waals surface area contributed by atoms with Crippen molar-refractivity contribution in [2.75, 3.05) is 30.8 Å². The molecule has 2 aromatic carbocycles. The third-order valence-electron chi connectivity index (χ3n) is 4.26. The zero-order valence-electron chi connectivity index (χ0n) is 17.1. The van der Waals surface area contributed by atoms with Gasteiger partial charge in [-0.05, 0) is 37.3 Å². The Balaban J connectivity index is 1.56. The molecule has 0 aliphatic heterocycles. The number of nitro benzene ring substituents is 1. The van der Waals surface area contributed by atoms with Gasteiger partial charge in [-0.25, -0.2) is 4.98 Å². The molecule has 0 saturated carbocycles. The topological polar surface area (TPSA) is 131 Å². The van der Waals surface area contributed by atoms with Crippen LogP contribution in [0.25, 0.3) is 0 Å². The Morgan fingerprint density at radius 2 is 1.84 bits per heavy atom. The number of methoxy groups -OCH3 is 1. The molecule has 0 unspecified atom stereocenters. The van der Waals surface area contributed by atoms with Crippen LogP contribution in [0.1, 0.15) is 16.1 Å². The number of rotatable bonds is 9. The molecule has 3 rings (SSSR count). The number of benzene rings is 2. The van der Waals surface area contributed by atoms with Gasteiger partial charge in [-0.3, -0.25) is 14.9 Å². The highest BCUT2D eigenvalue weighted by Gasteiger charge is 2.18. The smallest absolute Gasteiger partial charge is 0.282 e. The number of nitrogens with one attached hydrogen (secondary N) is 3. The fraction of sp³-hybridized carbons (Fsp3) is 0.190. The van der Waals surface area contributed by atoms with Crippen LogP contribution in [0, 0.1) is 17.0 Å². The van der Waals surface area contributed by atoms with Gasteiger partial charge in [-0.15, -0.1) is 0 Å². The largest absolute Gasteiger partial charge is 0.497 e. The lowest BCUT2D eigenvalue weighted by Gasteiger charge is -2.11. The Hall–Kier alpha value is -4.21. The summed E-state index contributed by atoms with van der Waals surface area (Å²) in [6, 6.07) is 15.1. The maximum atomic E-state index is 12.2. The standard InChI is InChI=1S/C21H22N6O4/c1-14-13-19(25-15-7-9-16(31-2)10-8-15)26-21(24-14)23-12-11-22-20(28)17-5-3-4-6-18(17)27(29)30/h3-10,13H,11-12H2,1-2H3,(H,22,28)(H2,23,24,25,26). The number of nitro groups is 1. The van der Waals surface area contributed by atoms with E-state index in [2.05, 4.69) is 25.9 Å². The van der Waals surface area contributed by atoms with Crippen LogP contribution in [0.3, 0.4) is 0 Å². The summed E-state index contributed by atoms with van der Waals surface area (Å²) < 4.78 is 5.15. The lowest BCUT2D eigenvalue weighted by atomic mass is 10.1. The van der Waals surface area contributed by atoms with Crippen LogP contribution in [0.15, 0.2) is 54.6 Å². The molecule has 1 aromatic heterocycles. The number of aromatic nitrogens is 2. The van der Waals surface area contributed by atoms with Gasteiger partial charge in [-0.2, -0.15) is 4.98 Å². The molecule has 31 heavy (non-hydrogen) atoms. The van der Waals surface area contributed by atoms with Crippen LogP contribution >= 0.6 is 0 Å². The highest BCUT2D eigenvalue weighted by Crippen LogP contribution is 2.20. The van der Waals surface area contributed by atoms with Gasteiger partial charge in [0.05, 0.1) is 12.0 Å². The van der Waals surface area contributed by atoms with Gasteiger partial charge in [0.2, 0.25) is 5.95 Å². The Kier molecular flexibility index (Phi) is 6.94. The van der Waals surface area contributed by atoms with Crippen molar-refractivity contribution in [1.29, 1.82) is 0 Å². The molecular formula is C21H22N6O4. The fourth-order valence-corrected chi connectivity index (χ4v) is 2.80. The summed E-state index contributed by atoms with van der Waals surface area (Å²) in [5, 5.41) is 20.0. The lowest BCUT2D eigenvalue weighted by Crippen LogP contribution is -2.29. The predicted molar refractivity (Wildman–Crippen MR) is 117 cm³/mol. The van der Waals surface area contributed by atoms with E-state index in [-0.39, 0.29) is 17.8 Å². The van der Waals surface area contributed by atoms with Crippen molar-refractivity contribution in [3.05, 3.63) is 76.0 Å². The summed E-state index contributed by atoms with van der Waals surface area (Å²) in [5.74, 6) is 1.26. The van der Waals surface area contributed by atoms with Gasteiger partial charge in [-0.1, -0.05) is 12.1 Å². The summed E-state index contributed by atoms with van der Waals surface area (Å²) in [4.78, 5) is 31.5. The number of nitrogens with zero attached hydrogens (tertiary/aromatic N) is 3. The van der Waals surface area contributed by atoms with Crippen molar-refractivity contribution >= 4 is 29.0 Å². The number of hydrogen-bond acceptors (Lipinski definition) is 8. The lowest BCUT2D eigenvalue weighted by molar-refractivity contribution is -0.385. The average molecular weight is 422 g/mol. The molecule has 0 aliphatic carbocycles. The zero-order valence-corrected chi connectivity index (χ0v) is 17.1. The molecule has 0 atom stereocenters. The third kappa shape index (κ3) is 5.89. The van der Waals surface area contributed by atoms with E-state index in [4.69, 9.17) is 4.74 Å². The number of para-hydroxylation sites is 1. The van der Waals surface area contributed by atoms with Crippen LogP contribution in [0.5, 0.6) is 5.75 Å². The Morgan fingerprint density at radius 1 is 1.10 bits per heavy atom. The van der Waals surface area contributed by atoms with Crippen LogP contribution in [0.4, 0.5) is 23.1 Å². The van der Waals surface area contributed by atoms with Crippen LogP contribution in [-0.4, -0.2) is 41.0 Å². The third-order valence-corrected chi connectivity index (χ3v) is 4.26. The summed E-state index contributed by atoms with van der Waals surface area (Å²) >= 11 is 0. The quantitative estimate of drug-likeness (QED) is 0.272. The van der Waals surface area contributed by atoms with Crippen molar-refractivity contribution in [3.8, 4) is 5.75 Å². The SMILES string of the molecule is COc1ccc(Nc2cc(C)nc(NCCNC(=O)c3ccccc3[N+](=O)[O-])n2)cc1. The molecule has 0 radical (unpaired) electrons. The van der Waals surface area contributed by atoms with Gasteiger partial charge in [0.15, 0.2) is 0 Å². The number of anilines is 3. The second kappa shape index (κ2) is 10.0. The van der Waals surface area contributed by atoms with Gasteiger partial charge < -0.3 is 20.7 Å². The summed E-state index contributed by atoms with van der Waals surface area (Å²) in [7, 11) is 1.61. The van der Waals surface area contributed by atoms with Crippen LogP contribution in [0.2, 0.25) is 0 Å². The molecule has 0 saturated heterocycles. The molecule has 3 N–H and O–H groups in total. The van der Waals surface area contributed by atoms with E-state index in [1.54, 1.807) is 13.2 Å². The van der Waals surface area contributed by atoms with Crippen molar-refractivity contribution in [2.45, 2.75) is 6.92 Å². The molecule has 1 heterocycles. The van der Waals surface area contributed by atoms with E-state index in [1.807, 2.05) is 37.3 Å². The first-order valence-corrected chi connectivity index (χ1v) is 9.48. The highest BCUT2D eigenvalue weighted by atomic mass is 16.6. The first-order valence-electron chi connectivity index (χ1n) is 9.48. The molecule has 0 bridgehead atoms. The zero-order chi connectivity index (χ0) is 22.2. The van der Waals surface area contributed by atoms with Gasteiger partial charge in [0.25, 0.3) is 11.6 Å². The minimum absolute atomic E-state index is 0.0188. The number of carbonyl (C=O) groups excluding carboxylic acids is 1. The molecule has 0 aliphatic rings. The molecule has 160 valence electrons.